The molecule has 0 spiro atoms. The lowest BCUT2D eigenvalue weighted by molar-refractivity contribution is -0.122. The van der Waals surface area contributed by atoms with Crippen LogP contribution >= 0.6 is 0 Å². The van der Waals surface area contributed by atoms with Crippen molar-refractivity contribution in [2.24, 2.45) is 11.8 Å². The average molecular weight is 254 g/mol. The van der Waals surface area contributed by atoms with Crippen LogP contribution in [0.15, 0.2) is 0 Å². The molecule has 3 unspecified atom stereocenters. The summed E-state index contributed by atoms with van der Waals surface area (Å²) in [6, 6.07) is 0. The zero-order valence-electron chi connectivity index (χ0n) is 11.4. The van der Waals surface area contributed by atoms with E-state index in [1.165, 1.54) is 12.8 Å². The third-order valence-electron chi connectivity index (χ3n) is 4.18. The smallest absolute Gasteiger partial charge is 0.220 e. The maximum absolute atomic E-state index is 11.9. The molecule has 18 heavy (non-hydrogen) atoms. The molecule has 0 saturated carbocycles. The SMILES string of the molecule is CCC1OCCC1CNC(=O)CC1CCCNC1. The van der Waals surface area contributed by atoms with Crippen molar-refractivity contribution < 1.29 is 9.53 Å². The number of nitrogens with one attached hydrogen (secondary N) is 2. The Labute approximate surface area is 110 Å². The summed E-state index contributed by atoms with van der Waals surface area (Å²) in [6.07, 6.45) is 5.55. The van der Waals surface area contributed by atoms with Gasteiger partial charge in [-0.2, -0.15) is 0 Å². The molecule has 2 aliphatic rings. The van der Waals surface area contributed by atoms with Gasteiger partial charge in [-0.25, -0.2) is 0 Å². The molecule has 2 rings (SSSR count). The van der Waals surface area contributed by atoms with E-state index in [2.05, 4.69) is 17.6 Å². The second-order valence-corrected chi connectivity index (χ2v) is 5.59. The van der Waals surface area contributed by atoms with Gasteiger partial charge in [0, 0.05) is 25.5 Å². The normalized spacial score (nSPS) is 32.4. The number of carbonyl (C=O) groups is 1. The minimum Gasteiger partial charge on any atom is -0.378 e. The summed E-state index contributed by atoms with van der Waals surface area (Å²) in [5.41, 5.74) is 0. The van der Waals surface area contributed by atoms with Gasteiger partial charge in [-0.1, -0.05) is 6.92 Å². The number of carbonyl (C=O) groups excluding carboxylic acids is 1. The molecular formula is C14H26N2O2. The maximum Gasteiger partial charge on any atom is 0.220 e. The molecule has 2 fully saturated rings. The fourth-order valence-electron chi connectivity index (χ4n) is 3.05. The highest BCUT2D eigenvalue weighted by Crippen LogP contribution is 2.22. The van der Waals surface area contributed by atoms with Crippen molar-refractivity contribution in [2.75, 3.05) is 26.2 Å². The van der Waals surface area contributed by atoms with E-state index >= 15 is 0 Å². The molecular weight excluding hydrogens is 228 g/mol. The van der Waals surface area contributed by atoms with Gasteiger partial charge in [-0.15, -0.1) is 0 Å². The van der Waals surface area contributed by atoms with E-state index in [9.17, 15) is 4.79 Å². The largest absolute Gasteiger partial charge is 0.378 e. The summed E-state index contributed by atoms with van der Waals surface area (Å²) in [5, 5.41) is 6.44. The Hall–Kier alpha value is -0.610. The maximum atomic E-state index is 11.9. The van der Waals surface area contributed by atoms with Crippen molar-refractivity contribution in [3.05, 3.63) is 0 Å². The van der Waals surface area contributed by atoms with Crippen LogP contribution in [0.25, 0.3) is 0 Å². The summed E-state index contributed by atoms with van der Waals surface area (Å²) in [6.45, 7) is 5.90. The monoisotopic (exact) mass is 254 g/mol. The van der Waals surface area contributed by atoms with Gasteiger partial charge in [0.1, 0.15) is 0 Å². The summed E-state index contributed by atoms with van der Waals surface area (Å²) in [7, 11) is 0. The van der Waals surface area contributed by atoms with Crippen molar-refractivity contribution in [3.8, 4) is 0 Å². The van der Waals surface area contributed by atoms with Gasteiger partial charge < -0.3 is 15.4 Å². The number of amides is 1. The van der Waals surface area contributed by atoms with Crippen LogP contribution < -0.4 is 10.6 Å². The lowest BCUT2D eigenvalue weighted by Crippen LogP contribution is -2.37. The fourth-order valence-corrected chi connectivity index (χ4v) is 3.05. The lowest BCUT2D eigenvalue weighted by Gasteiger charge is -2.23. The fraction of sp³-hybridized carbons (Fsp3) is 0.929. The molecule has 4 nitrogen and oxygen atoms in total. The zero-order valence-corrected chi connectivity index (χ0v) is 11.4. The Kier molecular flexibility index (Phi) is 5.45. The van der Waals surface area contributed by atoms with Gasteiger partial charge in [0.2, 0.25) is 5.91 Å². The van der Waals surface area contributed by atoms with Crippen molar-refractivity contribution in [1.29, 1.82) is 0 Å². The molecule has 3 atom stereocenters. The molecule has 2 saturated heterocycles. The summed E-state index contributed by atoms with van der Waals surface area (Å²) < 4.78 is 5.64. The second kappa shape index (κ2) is 7.10. The van der Waals surface area contributed by atoms with Gasteiger partial charge in [-0.05, 0) is 44.7 Å². The Bertz CT molecular complexity index is 265. The first-order chi connectivity index (χ1) is 8.79. The molecule has 2 aliphatic heterocycles. The molecule has 0 aromatic heterocycles. The van der Waals surface area contributed by atoms with E-state index in [0.717, 1.165) is 39.1 Å². The van der Waals surface area contributed by atoms with Gasteiger partial charge in [0.05, 0.1) is 6.10 Å². The van der Waals surface area contributed by atoms with Crippen molar-refractivity contribution in [3.63, 3.8) is 0 Å². The molecule has 2 N–H and O–H groups in total. The van der Waals surface area contributed by atoms with Crippen LogP contribution in [0, 0.1) is 11.8 Å². The predicted octanol–water partition coefficient (Wildman–Crippen LogP) is 1.31. The molecule has 104 valence electrons. The van der Waals surface area contributed by atoms with Crippen molar-refractivity contribution in [1.82, 2.24) is 10.6 Å². The van der Waals surface area contributed by atoms with E-state index in [-0.39, 0.29) is 5.91 Å². The van der Waals surface area contributed by atoms with Crippen molar-refractivity contribution in [2.45, 2.75) is 45.1 Å². The molecule has 1 amide bonds. The number of ether oxygens (including phenoxy) is 1. The third kappa shape index (κ3) is 3.95. The summed E-state index contributed by atoms with van der Waals surface area (Å²) in [5.74, 6) is 1.26. The molecule has 2 heterocycles. The van der Waals surface area contributed by atoms with Crippen molar-refractivity contribution >= 4 is 5.91 Å². The van der Waals surface area contributed by atoms with Crippen LogP contribution in [0.2, 0.25) is 0 Å². The predicted molar refractivity (Wildman–Crippen MR) is 71.4 cm³/mol. The molecule has 0 bridgehead atoms. The lowest BCUT2D eigenvalue weighted by atomic mass is 9.95. The molecule has 0 aromatic carbocycles. The van der Waals surface area contributed by atoms with E-state index in [1.54, 1.807) is 0 Å². The molecule has 0 aliphatic carbocycles. The minimum absolute atomic E-state index is 0.213. The molecule has 0 radical (unpaired) electrons. The Balaban J connectivity index is 1.64. The zero-order chi connectivity index (χ0) is 12.8. The first kappa shape index (κ1) is 13.8. The standard InChI is InChI=1S/C14H26N2O2/c1-2-13-12(5-7-18-13)10-16-14(17)8-11-4-3-6-15-9-11/h11-13,15H,2-10H2,1H3,(H,16,17). The van der Waals surface area contributed by atoms with E-state index in [0.29, 0.717) is 24.4 Å². The Morgan fingerprint density at radius 2 is 2.33 bits per heavy atom. The molecule has 4 heteroatoms. The quantitative estimate of drug-likeness (QED) is 0.777. The Morgan fingerprint density at radius 1 is 1.44 bits per heavy atom. The van der Waals surface area contributed by atoms with Crippen LogP contribution in [-0.4, -0.2) is 38.3 Å². The second-order valence-electron chi connectivity index (χ2n) is 5.59. The van der Waals surface area contributed by atoms with Gasteiger partial charge in [0.25, 0.3) is 0 Å². The highest BCUT2D eigenvalue weighted by Gasteiger charge is 2.27. The van der Waals surface area contributed by atoms with Gasteiger partial charge in [0.15, 0.2) is 0 Å². The average Bonchev–Trinajstić information content (AvgIpc) is 2.85. The van der Waals surface area contributed by atoms with Gasteiger partial charge in [-0.3, -0.25) is 4.79 Å². The Morgan fingerprint density at radius 3 is 3.06 bits per heavy atom. The number of piperidine rings is 1. The minimum atomic E-state index is 0.213. The van der Waals surface area contributed by atoms with Crippen LogP contribution in [0.1, 0.15) is 39.0 Å². The third-order valence-corrected chi connectivity index (χ3v) is 4.18. The van der Waals surface area contributed by atoms with E-state index in [1.807, 2.05) is 0 Å². The number of rotatable bonds is 5. The summed E-state index contributed by atoms with van der Waals surface area (Å²) in [4.78, 5) is 11.9. The van der Waals surface area contributed by atoms with Crippen LogP contribution in [-0.2, 0) is 9.53 Å². The highest BCUT2D eigenvalue weighted by atomic mass is 16.5. The molecule has 0 aromatic rings. The topological polar surface area (TPSA) is 50.4 Å². The number of hydrogen-bond donors (Lipinski definition) is 2. The first-order valence-corrected chi connectivity index (χ1v) is 7.38. The van der Waals surface area contributed by atoms with E-state index in [4.69, 9.17) is 4.74 Å². The van der Waals surface area contributed by atoms with Crippen LogP contribution in [0.4, 0.5) is 0 Å². The van der Waals surface area contributed by atoms with Crippen LogP contribution in [0.5, 0.6) is 0 Å². The first-order valence-electron chi connectivity index (χ1n) is 7.38. The van der Waals surface area contributed by atoms with Gasteiger partial charge >= 0.3 is 0 Å². The number of hydrogen-bond acceptors (Lipinski definition) is 3. The summed E-state index contributed by atoms with van der Waals surface area (Å²) >= 11 is 0. The van der Waals surface area contributed by atoms with E-state index < -0.39 is 0 Å². The highest BCUT2D eigenvalue weighted by molar-refractivity contribution is 5.76. The van der Waals surface area contributed by atoms with Crippen LogP contribution in [0.3, 0.4) is 0 Å².